The summed E-state index contributed by atoms with van der Waals surface area (Å²) in [5, 5.41) is 11.0. The van der Waals surface area contributed by atoms with Crippen LogP contribution >= 0.6 is 0 Å². The first kappa shape index (κ1) is 11.8. The molecule has 1 fully saturated rings. The van der Waals surface area contributed by atoms with Crippen LogP contribution in [0.15, 0.2) is 4.42 Å². The van der Waals surface area contributed by atoms with Gasteiger partial charge in [-0.15, -0.1) is 5.10 Å². The van der Waals surface area contributed by atoms with Crippen molar-refractivity contribution in [2.45, 2.75) is 13.5 Å². The Morgan fingerprint density at radius 3 is 2.94 bits per heavy atom. The molecule has 0 spiro atoms. The molecular weight excluding hydrogens is 222 g/mol. The Hall–Kier alpha value is -1.63. The van der Waals surface area contributed by atoms with E-state index in [2.05, 4.69) is 15.5 Å². The predicted molar refractivity (Wildman–Crippen MR) is 61.5 cm³/mol. The Morgan fingerprint density at radius 1 is 1.41 bits per heavy atom. The maximum Gasteiger partial charge on any atom is 0.318 e. The fraction of sp³-hybridized carbons (Fsp3) is 0.700. The first-order valence-electron chi connectivity index (χ1n) is 5.72. The second-order valence-electron chi connectivity index (χ2n) is 4.00. The lowest BCUT2D eigenvalue weighted by Crippen LogP contribution is -2.48. The fourth-order valence-corrected chi connectivity index (χ4v) is 1.60. The number of aromatic nitrogens is 2. The molecule has 1 aromatic heterocycles. The van der Waals surface area contributed by atoms with E-state index < -0.39 is 0 Å². The highest BCUT2D eigenvalue weighted by molar-refractivity contribution is 5.81. The molecule has 1 aliphatic heterocycles. The molecule has 2 heterocycles. The van der Waals surface area contributed by atoms with Gasteiger partial charge in [-0.1, -0.05) is 12.0 Å². The number of nitrogens with zero attached hydrogens (tertiary/aromatic N) is 4. The summed E-state index contributed by atoms with van der Waals surface area (Å²) in [6.45, 7) is 5.14. The molecule has 1 aromatic rings. The smallest absolute Gasteiger partial charge is 0.318 e. The minimum atomic E-state index is 0.0719. The Balaban J connectivity index is 1.98. The third-order valence-corrected chi connectivity index (χ3v) is 2.71. The number of nitrogens with one attached hydrogen (secondary N) is 1. The van der Waals surface area contributed by atoms with Crippen molar-refractivity contribution in [1.29, 1.82) is 0 Å². The summed E-state index contributed by atoms with van der Waals surface area (Å²) in [6, 6.07) is 0.430. The molecule has 0 atom stereocenters. The standard InChI is InChI=1S/C10H17N5O2/c1-3-11-6-8-12-13-10(17-8)15-5-4-14(2)9(16)7-15/h11H,3-7H2,1-2H3. The Bertz CT molecular complexity index is 392. The molecule has 94 valence electrons. The van der Waals surface area contributed by atoms with E-state index >= 15 is 0 Å². The number of likely N-dealkylation sites (N-methyl/N-ethyl adjacent to an activating group) is 1. The fourth-order valence-electron chi connectivity index (χ4n) is 1.60. The number of carbonyl (C=O) groups is 1. The molecule has 17 heavy (non-hydrogen) atoms. The van der Waals surface area contributed by atoms with Crippen LogP contribution in [-0.4, -0.2) is 54.2 Å². The summed E-state index contributed by atoms with van der Waals surface area (Å²) in [7, 11) is 1.80. The third kappa shape index (κ3) is 2.73. The SMILES string of the molecule is CCNCc1nnc(N2CCN(C)C(=O)C2)o1. The third-order valence-electron chi connectivity index (χ3n) is 2.71. The van der Waals surface area contributed by atoms with Gasteiger partial charge in [0.25, 0.3) is 0 Å². The molecule has 0 aliphatic carbocycles. The molecule has 7 nitrogen and oxygen atoms in total. The lowest BCUT2D eigenvalue weighted by atomic mass is 10.3. The number of piperazine rings is 1. The second-order valence-corrected chi connectivity index (χ2v) is 4.00. The van der Waals surface area contributed by atoms with Crippen LogP contribution in [0.1, 0.15) is 12.8 Å². The lowest BCUT2D eigenvalue weighted by molar-refractivity contribution is -0.129. The average Bonchev–Trinajstić information content (AvgIpc) is 2.79. The van der Waals surface area contributed by atoms with Crippen LogP contribution in [0.25, 0.3) is 0 Å². The molecule has 1 saturated heterocycles. The lowest BCUT2D eigenvalue weighted by Gasteiger charge is -2.30. The van der Waals surface area contributed by atoms with E-state index in [9.17, 15) is 4.79 Å². The van der Waals surface area contributed by atoms with Gasteiger partial charge in [0.1, 0.15) is 6.54 Å². The van der Waals surface area contributed by atoms with E-state index in [1.54, 1.807) is 11.9 Å². The number of amides is 1. The zero-order valence-corrected chi connectivity index (χ0v) is 10.1. The summed E-state index contributed by atoms with van der Waals surface area (Å²) >= 11 is 0. The van der Waals surface area contributed by atoms with Gasteiger partial charge in [-0.3, -0.25) is 4.79 Å². The Kier molecular flexibility index (Phi) is 3.58. The Labute approximate surface area is 99.8 Å². The van der Waals surface area contributed by atoms with Crippen molar-refractivity contribution in [1.82, 2.24) is 20.4 Å². The highest BCUT2D eigenvalue weighted by atomic mass is 16.4. The van der Waals surface area contributed by atoms with Crippen molar-refractivity contribution >= 4 is 11.9 Å². The minimum Gasteiger partial charge on any atom is -0.407 e. The van der Waals surface area contributed by atoms with Gasteiger partial charge < -0.3 is 19.5 Å². The summed E-state index contributed by atoms with van der Waals surface area (Å²) in [6.07, 6.45) is 0. The largest absolute Gasteiger partial charge is 0.407 e. The van der Waals surface area contributed by atoms with E-state index in [-0.39, 0.29) is 5.91 Å². The number of carbonyl (C=O) groups excluding carboxylic acids is 1. The van der Waals surface area contributed by atoms with Gasteiger partial charge >= 0.3 is 6.01 Å². The van der Waals surface area contributed by atoms with Crippen LogP contribution in [-0.2, 0) is 11.3 Å². The van der Waals surface area contributed by atoms with Gasteiger partial charge in [0, 0.05) is 20.1 Å². The second kappa shape index (κ2) is 5.13. The van der Waals surface area contributed by atoms with Crippen LogP contribution in [0.5, 0.6) is 0 Å². The summed E-state index contributed by atoms with van der Waals surface area (Å²) in [4.78, 5) is 15.0. The van der Waals surface area contributed by atoms with Crippen molar-refractivity contribution in [2.24, 2.45) is 0 Å². The zero-order valence-electron chi connectivity index (χ0n) is 10.1. The minimum absolute atomic E-state index is 0.0719. The molecule has 1 aliphatic rings. The summed E-state index contributed by atoms with van der Waals surface area (Å²) in [5.41, 5.74) is 0. The summed E-state index contributed by atoms with van der Waals surface area (Å²) in [5.74, 6) is 0.621. The molecule has 0 saturated carbocycles. The monoisotopic (exact) mass is 239 g/mol. The maximum absolute atomic E-state index is 11.5. The number of anilines is 1. The maximum atomic E-state index is 11.5. The molecule has 0 aromatic carbocycles. The van der Waals surface area contributed by atoms with Gasteiger partial charge in [0.15, 0.2) is 0 Å². The van der Waals surface area contributed by atoms with Crippen LogP contribution < -0.4 is 10.2 Å². The summed E-state index contributed by atoms with van der Waals surface area (Å²) < 4.78 is 5.48. The van der Waals surface area contributed by atoms with Crippen LogP contribution in [0.3, 0.4) is 0 Å². The van der Waals surface area contributed by atoms with E-state index in [1.807, 2.05) is 11.8 Å². The molecule has 7 heteroatoms. The highest BCUT2D eigenvalue weighted by Gasteiger charge is 2.24. The van der Waals surface area contributed by atoms with Gasteiger partial charge in [-0.25, -0.2) is 0 Å². The molecule has 1 amide bonds. The zero-order chi connectivity index (χ0) is 12.3. The first-order valence-corrected chi connectivity index (χ1v) is 5.72. The number of hydrogen-bond donors (Lipinski definition) is 1. The van der Waals surface area contributed by atoms with Gasteiger partial charge in [0.2, 0.25) is 11.8 Å². The van der Waals surface area contributed by atoms with Crippen molar-refractivity contribution in [3.8, 4) is 0 Å². The molecular formula is C10H17N5O2. The molecule has 0 radical (unpaired) electrons. The van der Waals surface area contributed by atoms with Gasteiger partial charge in [0.05, 0.1) is 6.54 Å². The van der Waals surface area contributed by atoms with Crippen LogP contribution in [0, 0.1) is 0 Å². The van der Waals surface area contributed by atoms with Gasteiger partial charge in [-0.05, 0) is 6.54 Å². The van der Waals surface area contributed by atoms with Crippen molar-refractivity contribution < 1.29 is 9.21 Å². The van der Waals surface area contributed by atoms with E-state index in [0.717, 1.165) is 13.1 Å². The van der Waals surface area contributed by atoms with Crippen LogP contribution in [0.2, 0.25) is 0 Å². The van der Waals surface area contributed by atoms with E-state index in [0.29, 0.717) is 31.5 Å². The number of rotatable bonds is 4. The topological polar surface area (TPSA) is 74.5 Å². The average molecular weight is 239 g/mol. The first-order chi connectivity index (χ1) is 8.20. The normalized spacial score (nSPS) is 16.7. The van der Waals surface area contributed by atoms with Crippen molar-refractivity contribution in [3.05, 3.63) is 5.89 Å². The highest BCUT2D eigenvalue weighted by Crippen LogP contribution is 2.14. The molecule has 1 N–H and O–H groups in total. The van der Waals surface area contributed by atoms with E-state index in [4.69, 9.17) is 4.42 Å². The Morgan fingerprint density at radius 2 is 2.24 bits per heavy atom. The quantitative estimate of drug-likeness (QED) is 0.760. The predicted octanol–water partition coefficient (Wildman–Crippen LogP) is -0.542. The molecule has 2 rings (SSSR count). The van der Waals surface area contributed by atoms with Crippen molar-refractivity contribution in [3.63, 3.8) is 0 Å². The molecule has 0 unspecified atom stereocenters. The van der Waals surface area contributed by atoms with Crippen LogP contribution in [0.4, 0.5) is 6.01 Å². The van der Waals surface area contributed by atoms with E-state index in [1.165, 1.54) is 0 Å². The van der Waals surface area contributed by atoms with Gasteiger partial charge in [-0.2, -0.15) is 0 Å². The number of hydrogen-bond acceptors (Lipinski definition) is 6. The van der Waals surface area contributed by atoms with Crippen molar-refractivity contribution in [2.75, 3.05) is 38.1 Å². The molecule has 0 bridgehead atoms.